The second kappa shape index (κ2) is 8.33. The van der Waals surface area contributed by atoms with Crippen LogP contribution >= 0.6 is 11.3 Å². The molecule has 0 saturated carbocycles. The lowest BCUT2D eigenvalue weighted by molar-refractivity contribution is 0.0944. The Bertz CT molecular complexity index is 502. The molecule has 0 aliphatic heterocycles. The number of anilines is 2. The van der Waals surface area contributed by atoms with Gasteiger partial charge in [-0.1, -0.05) is 25.2 Å². The summed E-state index contributed by atoms with van der Waals surface area (Å²) in [5.41, 5.74) is 5.80. The van der Waals surface area contributed by atoms with E-state index in [0.717, 1.165) is 6.54 Å². The zero-order chi connectivity index (χ0) is 16.0. The summed E-state index contributed by atoms with van der Waals surface area (Å²) in [7, 11) is -0.849. The largest absolute Gasteiger partial charge is 0.382 e. The summed E-state index contributed by atoms with van der Waals surface area (Å²) < 4.78 is 11.1. The van der Waals surface area contributed by atoms with Crippen LogP contribution < -0.4 is 16.4 Å². The average molecular weight is 332 g/mol. The average Bonchev–Trinajstić information content (AvgIpc) is 2.75. The molecule has 0 aliphatic carbocycles. The summed E-state index contributed by atoms with van der Waals surface area (Å²) in [6.45, 7) is 6.86. The molecular weight excluding hydrogens is 308 g/mol. The molecule has 0 aliphatic rings. The molecule has 2 unspecified atom stereocenters. The maximum atomic E-state index is 12.1. The van der Waals surface area contributed by atoms with Gasteiger partial charge in [0.25, 0.3) is 5.91 Å². The number of amides is 1. The molecule has 8 heteroatoms. The summed E-state index contributed by atoms with van der Waals surface area (Å²) in [6, 6.07) is -0.0463. The third-order valence-corrected chi connectivity index (χ3v) is 4.58. The number of nitrogens with zero attached hydrogens (tertiary/aromatic N) is 1. The maximum Gasteiger partial charge on any atom is 0.265 e. The molecule has 1 aromatic rings. The number of aromatic nitrogens is 1. The van der Waals surface area contributed by atoms with Crippen molar-refractivity contribution in [3.63, 3.8) is 0 Å². The van der Waals surface area contributed by atoms with Crippen molar-refractivity contribution >= 4 is 39.0 Å². The Morgan fingerprint density at radius 3 is 2.67 bits per heavy atom. The predicted octanol–water partition coefficient (Wildman–Crippen LogP) is 1.68. The molecule has 6 nitrogen and oxygen atoms in total. The summed E-state index contributed by atoms with van der Waals surface area (Å²) in [6.07, 6.45) is 2.33. The van der Waals surface area contributed by atoms with E-state index in [1.165, 1.54) is 11.3 Å². The molecule has 21 heavy (non-hydrogen) atoms. The van der Waals surface area contributed by atoms with Crippen molar-refractivity contribution in [3.05, 3.63) is 4.88 Å². The molecule has 0 saturated heterocycles. The van der Waals surface area contributed by atoms with Gasteiger partial charge in [-0.3, -0.25) is 9.00 Å². The molecule has 0 spiro atoms. The number of rotatable bonds is 8. The van der Waals surface area contributed by atoms with Crippen molar-refractivity contribution in [3.8, 4) is 0 Å². The van der Waals surface area contributed by atoms with Gasteiger partial charge in [0.15, 0.2) is 5.13 Å². The van der Waals surface area contributed by atoms with Gasteiger partial charge in [0.05, 0.1) is 0 Å². The lowest BCUT2D eigenvalue weighted by Gasteiger charge is -2.12. The van der Waals surface area contributed by atoms with E-state index in [0.29, 0.717) is 28.1 Å². The Balaban J connectivity index is 2.59. The number of nitrogen functional groups attached to an aromatic ring is 1. The fraction of sp³-hybridized carbons (Fsp3) is 0.692. The maximum absolute atomic E-state index is 12.1. The number of hydrogen-bond donors (Lipinski definition) is 3. The molecule has 1 aromatic heterocycles. The molecule has 1 heterocycles. The fourth-order valence-corrected chi connectivity index (χ4v) is 3.05. The van der Waals surface area contributed by atoms with Gasteiger partial charge in [0, 0.05) is 35.4 Å². The molecular formula is C13H24N4O2S2. The lowest BCUT2D eigenvalue weighted by Crippen LogP contribution is -2.33. The highest BCUT2D eigenvalue weighted by Gasteiger charge is 2.18. The first kappa shape index (κ1) is 17.9. The predicted molar refractivity (Wildman–Crippen MR) is 90.3 cm³/mol. The van der Waals surface area contributed by atoms with Crippen molar-refractivity contribution < 1.29 is 9.00 Å². The summed E-state index contributed by atoms with van der Waals surface area (Å²) >= 11 is 1.26. The molecule has 1 rings (SSSR count). The molecule has 0 aromatic carbocycles. The number of carbonyl (C=O) groups is 1. The van der Waals surface area contributed by atoms with Crippen molar-refractivity contribution in [2.45, 2.75) is 33.2 Å². The van der Waals surface area contributed by atoms with Crippen LogP contribution in [0.3, 0.4) is 0 Å². The molecule has 0 fully saturated rings. The third kappa shape index (κ3) is 6.43. The van der Waals surface area contributed by atoms with Gasteiger partial charge in [-0.2, -0.15) is 0 Å². The summed E-state index contributed by atoms with van der Waals surface area (Å²) in [5.74, 6) is 1.08. The van der Waals surface area contributed by atoms with E-state index < -0.39 is 10.8 Å². The Hall–Kier alpha value is -1.15. The monoisotopic (exact) mass is 332 g/mol. The summed E-state index contributed by atoms with van der Waals surface area (Å²) in [5, 5.41) is 6.68. The number of hydrogen-bond acceptors (Lipinski definition) is 6. The first-order valence-electron chi connectivity index (χ1n) is 6.90. The molecule has 4 N–H and O–H groups in total. The van der Waals surface area contributed by atoms with E-state index in [4.69, 9.17) is 5.73 Å². The van der Waals surface area contributed by atoms with E-state index in [-0.39, 0.29) is 17.8 Å². The van der Waals surface area contributed by atoms with Crippen LogP contribution in [0.5, 0.6) is 0 Å². The van der Waals surface area contributed by atoms with E-state index in [1.54, 1.807) is 6.26 Å². The van der Waals surface area contributed by atoms with Crippen molar-refractivity contribution in [1.29, 1.82) is 0 Å². The van der Waals surface area contributed by atoms with Gasteiger partial charge in [-0.25, -0.2) is 4.98 Å². The second-order valence-electron chi connectivity index (χ2n) is 5.45. The lowest BCUT2D eigenvalue weighted by atomic mass is 10.2. The van der Waals surface area contributed by atoms with Crippen LogP contribution in [-0.4, -0.2) is 39.7 Å². The Labute approximate surface area is 132 Å². The Morgan fingerprint density at radius 1 is 1.43 bits per heavy atom. The van der Waals surface area contributed by atoms with Crippen LogP contribution in [0.4, 0.5) is 10.9 Å². The highest BCUT2D eigenvalue weighted by Crippen LogP contribution is 2.25. The standard InChI is InChI=1S/C13H24N4O2S2/c1-8(2)7-15-13-17-11(14)10(20-13)12(18)16-9(3)5-6-21(4)19/h8-9H,5-7,14H2,1-4H3,(H,15,17)(H,16,18). The fourth-order valence-electron chi connectivity index (χ4n) is 1.57. The summed E-state index contributed by atoms with van der Waals surface area (Å²) in [4.78, 5) is 16.7. The number of nitrogens with two attached hydrogens (primary N) is 1. The van der Waals surface area contributed by atoms with Gasteiger partial charge in [-0.15, -0.1) is 0 Å². The van der Waals surface area contributed by atoms with Crippen molar-refractivity contribution in [1.82, 2.24) is 10.3 Å². The van der Waals surface area contributed by atoms with Crippen LogP contribution in [0.25, 0.3) is 0 Å². The molecule has 1 amide bonds. The van der Waals surface area contributed by atoms with Crippen LogP contribution in [0.15, 0.2) is 0 Å². The first-order valence-corrected chi connectivity index (χ1v) is 9.45. The SMILES string of the molecule is CC(C)CNc1nc(N)c(C(=O)NC(C)CCS(C)=O)s1. The normalized spacial score (nSPS) is 14.0. The minimum absolute atomic E-state index is 0.0463. The van der Waals surface area contributed by atoms with E-state index in [1.807, 2.05) is 6.92 Å². The first-order chi connectivity index (χ1) is 9.79. The highest BCUT2D eigenvalue weighted by atomic mass is 32.2. The molecule has 0 radical (unpaired) electrons. The Morgan fingerprint density at radius 2 is 2.10 bits per heavy atom. The van der Waals surface area contributed by atoms with Gasteiger partial charge in [0.1, 0.15) is 10.7 Å². The van der Waals surface area contributed by atoms with Gasteiger partial charge < -0.3 is 16.4 Å². The van der Waals surface area contributed by atoms with Crippen LogP contribution in [0.2, 0.25) is 0 Å². The second-order valence-corrected chi connectivity index (χ2v) is 8.00. The quantitative estimate of drug-likeness (QED) is 0.673. The number of nitrogens with one attached hydrogen (secondary N) is 2. The van der Waals surface area contributed by atoms with Crippen molar-refractivity contribution in [2.24, 2.45) is 5.92 Å². The topological polar surface area (TPSA) is 97.1 Å². The van der Waals surface area contributed by atoms with E-state index in [2.05, 4.69) is 29.5 Å². The minimum Gasteiger partial charge on any atom is -0.382 e. The third-order valence-electron chi connectivity index (χ3n) is 2.74. The van der Waals surface area contributed by atoms with Crippen LogP contribution in [0, 0.1) is 5.92 Å². The molecule has 120 valence electrons. The Kier molecular flexibility index (Phi) is 7.10. The minimum atomic E-state index is -0.849. The van der Waals surface area contributed by atoms with Crippen molar-refractivity contribution in [2.75, 3.05) is 29.6 Å². The number of thiazole rings is 1. The number of carbonyl (C=O) groups excluding carboxylic acids is 1. The molecule has 0 bridgehead atoms. The van der Waals surface area contributed by atoms with E-state index >= 15 is 0 Å². The van der Waals surface area contributed by atoms with Gasteiger partial charge in [-0.05, 0) is 19.3 Å². The highest BCUT2D eigenvalue weighted by molar-refractivity contribution is 7.84. The zero-order valence-electron chi connectivity index (χ0n) is 12.9. The van der Waals surface area contributed by atoms with E-state index in [9.17, 15) is 9.00 Å². The van der Waals surface area contributed by atoms with Gasteiger partial charge >= 0.3 is 0 Å². The molecule has 2 atom stereocenters. The van der Waals surface area contributed by atoms with Crippen LogP contribution in [0.1, 0.15) is 36.9 Å². The zero-order valence-corrected chi connectivity index (χ0v) is 14.6. The van der Waals surface area contributed by atoms with Gasteiger partial charge in [0.2, 0.25) is 0 Å². The van der Waals surface area contributed by atoms with Crippen LogP contribution in [-0.2, 0) is 10.8 Å². The smallest absolute Gasteiger partial charge is 0.265 e.